The van der Waals surface area contributed by atoms with Crippen molar-refractivity contribution in [3.63, 3.8) is 0 Å². The Labute approximate surface area is 245 Å². The number of fused-ring (bicyclic) bond motifs is 1. The van der Waals surface area contributed by atoms with Crippen LogP contribution in [0.15, 0.2) is 48.5 Å². The van der Waals surface area contributed by atoms with Gasteiger partial charge in [-0.3, -0.25) is 4.90 Å². The summed E-state index contributed by atoms with van der Waals surface area (Å²) in [5.41, 5.74) is 14.7. The fraction of sp³-hybridized carbons (Fsp3) is 0.441. The van der Waals surface area contributed by atoms with Gasteiger partial charge in [0.15, 0.2) is 11.5 Å². The van der Waals surface area contributed by atoms with Crippen LogP contribution in [0.2, 0.25) is 0 Å². The average Bonchev–Trinajstić information content (AvgIpc) is 3.64. The summed E-state index contributed by atoms with van der Waals surface area (Å²) in [6, 6.07) is 17.0. The van der Waals surface area contributed by atoms with Gasteiger partial charge < -0.3 is 30.1 Å². The Bertz CT molecular complexity index is 1280. The summed E-state index contributed by atoms with van der Waals surface area (Å²) in [5.74, 6) is 2.82. The summed E-state index contributed by atoms with van der Waals surface area (Å²) in [6.07, 6.45) is 4.15. The first-order valence-electron chi connectivity index (χ1n) is 14.7. The highest BCUT2D eigenvalue weighted by atomic mass is 16.7. The number of hydrogen-bond acceptors (Lipinski definition) is 7. The molecule has 0 aliphatic carbocycles. The van der Waals surface area contributed by atoms with Crippen LogP contribution in [0.1, 0.15) is 65.6 Å². The number of rotatable bonds is 10. The molecular weight excluding hydrogens is 514 g/mol. The Morgan fingerprint density at radius 3 is 2.37 bits per heavy atom. The van der Waals surface area contributed by atoms with Gasteiger partial charge in [-0.05, 0) is 85.0 Å². The summed E-state index contributed by atoms with van der Waals surface area (Å²) >= 11 is 0. The summed E-state index contributed by atoms with van der Waals surface area (Å²) in [6.45, 7) is 11.2. The average molecular weight is 560 g/mol. The minimum atomic E-state index is 0.198. The number of anilines is 1. The number of aryl methyl sites for hydroxylation is 3. The van der Waals surface area contributed by atoms with Crippen molar-refractivity contribution in [1.29, 1.82) is 0 Å². The topological polar surface area (TPSA) is 86.1 Å². The number of hydrogen-bond donors (Lipinski definition) is 2. The number of nitrogens with two attached hydrogens (primary N) is 1. The van der Waals surface area contributed by atoms with E-state index in [1.807, 2.05) is 25.2 Å². The maximum atomic E-state index is 11.3. The maximum Gasteiger partial charge on any atom is 0.231 e. The Hall–Kier alpha value is -3.55. The van der Waals surface area contributed by atoms with E-state index in [1.165, 1.54) is 33.5 Å². The minimum absolute atomic E-state index is 0.198. The second-order valence-electron chi connectivity index (χ2n) is 10.7. The van der Waals surface area contributed by atoms with Crippen molar-refractivity contribution in [3.05, 3.63) is 81.9 Å². The molecule has 2 heterocycles. The molecule has 0 spiro atoms. The lowest BCUT2D eigenvalue weighted by Gasteiger charge is -2.22. The maximum absolute atomic E-state index is 11.3. The second-order valence-corrected chi connectivity index (χ2v) is 10.7. The second kappa shape index (κ2) is 14.4. The smallest absolute Gasteiger partial charge is 0.231 e. The monoisotopic (exact) mass is 559 g/mol. The van der Waals surface area contributed by atoms with Gasteiger partial charge >= 0.3 is 0 Å². The number of aldehydes is 1. The predicted octanol–water partition coefficient (Wildman–Crippen LogP) is 5.95. The highest BCUT2D eigenvalue weighted by Gasteiger charge is 2.35. The Morgan fingerprint density at radius 1 is 1.05 bits per heavy atom. The van der Waals surface area contributed by atoms with Crippen LogP contribution < -0.4 is 25.3 Å². The highest BCUT2D eigenvalue weighted by Crippen LogP contribution is 2.45. The highest BCUT2D eigenvalue weighted by molar-refractivity contribution is 5.59. The lowest BCUT2D eigenvalue weighted by Crippen LogP contribution is -2.25. The number of benzene rings is 3. The molecule has 7 heteroatoms. The van der Waals surface area contributed by atoms with E-state index in [2.05, 4.69) is 68.2 Å². The molecule has 0 amide bonds. The van der Waals surface area contributed by atoms with Crippen LogP contribution in [0.4, 0.5) is 5.69 Å². The van der Waals surface area contributed by atoms with Crippen LogP contribution >= 0.6 is 0 Å². The predicted molar refractivity (Wildman–Crippen MR) is 166 cm³/mol. The first-order valence-corrected chi connectivity index (χ1v) is 14.7. The molecular formula is C34H45N3O4. The first kappa shape index (κ1) is 30.4. The molecule has 5 rings (SSSR count). The molecule has 0 radical (unpaired) electrons. The molecule has 3 aromatic rings. The van der Waals surface area contributed by atoms with Gasteiger partial charge in [0.05, 0.1) is 6.54 Å². The summed E-state index contributed by atoms with van der Waals surface area (Å²) in [4.78, 5) is 13.5. The lowest BCUT2D eigenvalue weighted by atomic mass is 9.90. The van der Waals surface area contributed by atoms with E-state index in [4.69, 9.17) is 19.9 Å². The third kappa shape index (κ3) is 7.03. The fourth-order valence-corrected chi connectivity index (χ4v) is 6.13. The van der Waals surface area contributed by atoms with E-state index >= 15 is 0 Å². The lowest BCUT2D eigenvalue weighted by molar-refractivity contribution is -0.109. The number of carbonyl (C=O) groups is 1. The third-order valence-corrected chi connectivity index (χ3v) is 8.09. The molecule has 7 nitrogen and oxygen atoms in total. The third-order valence-electron chi connectivity index (χ3n) is 8.09. The molecule has 0 saturated carbocycles. The van der Waals surface area contributed by atoms with Gasteiger partial charge in [-0.1, -0.05) is 49.7 Å². The number of ether oxygens (including phenoxy) is 3. The van der Waals surface area contributed by atoms with Crippen molar-refractivity contribution in [2.75, 3.05) is 45.4 Å². The fourth-order valence-electron chi connectivity index (χ4n) is 6.13. The summed E-state index contributed by atoms with van der Waals surface area (Å²) in [7, 11) is 2.00. The number of carbonyl (C=O) groups excluding carboxylic acids is 1. The van der Waals surface area contributed by atoms with Crippen molar-refractivity contribution in [3.8, 4) is 17.2 Å². The molecule has 1 saturated heterocycles. The first-order chi connectivity index (χ1) is 19.9. The molecule has 0 aromatic heterocycles. The van der Waals surface area contributed by atoms with Gasteiger partial charge in [0, 0.05) is 31.9 Å². The molecule has 0 bridgehead atoms. The van der Waals surface area contributed by atoms with Crippen molar-refractivity contribution >= 4 is 12.0 Å². The zero-order valence-electron chi connectivity index (χ0n) is 25.2. The Balaban J connectivity index is 0.000000251. The van der Waals surface area contributed by atoms with E-state index in [0.717, 1.165) is 54.9 Å². The zero-order valence-corrected chi connectivity index (χ0v) is 25.2. The standard InChI is InChI=1S/C22H26N2O4.C12H19N/c1-15-19(6-7-21-22(15)28-14-27-21)17-12-20(24(13-17)9-10-25)16-2-4-18(5-3-16)26-11-8-23;1-5-10-7-9(3)8-11(6-2)12(10)13-4/h2-7,10,17,20H,8-9,11-14,23H2,1H3;7-8,13H,5-6H2,1-4H3/t17-,20?;/m1./s1. The van der Waals surface area contributed by atoms with Gasteiger partial charge in [0.1, 0.15) is 18.6 Å². The molecule has 1 fully saturated rings. The SMILES string of the molecule is CCc1cc(C)cc(CC)c1NC.Cc1c([C@@H]2CC(c3ccc(OCCN)cc3)N(CC=O)C2)ccc2c1OCO2. The van der Waals surface area contributed by atoms with E-state index < -0.39 is 0 Å². The van der Waals surface area contributed by atoms with Crippen LogP contribution in [0.5, 0.6) is 17.2 Å². The molecule has 2 atom stereocenters. The molecule has 1 unspecified atom stereocenters. The summed E-state index contributed by atoms with van der Waals surface area (Å²) in [5, 5.41) is 3.29. The van der Waals surface area contributed by atoms with Crippen molar-refractivity contribution in [2.24, 2.45) is 5.73 Å². The zero-order chi connectivity index (χ0) is 29.4. The van der Waals surface area contributed by atoms with Crippen LogP contribution in [-0.4, -0.2) is 51.3 Å². The van der Waals surface area contributed by atoms with Gasteiger partial charge in [-0.25, -0.2) is 0 Å². The number of likely N-dealkylation sites (tertiary alicyclic amines) is 1. The van der Waals surface area contributed by atoms with Crippen LogP contribution in [0.25, 0.3) is 0 Å². The van der Waals surface area contributed by atoms with E-state index in [9.17, 15) is 4.79 Å². The van der Waals surface area contributed by atoms with Crippen molar-refractivity contribution in [2.45, 2.75) is 58.9 Å². The minimum Gasteiger partial charge on any atom is -0.492 e. The van der Waals surface area contributed by atoms with E-state index in [-0.39, 0.29) is 12.8 Å². The molecule has 220 valence electrons. The van der Waals surface area contributed by atoms with Crippen molar-refractivity contribution < 1.29 is 19.0 Å². The quantitative estimate of drug-likeness (QED) is 0.297. The van der Waals surface area contributed by atoms with Gasteiger partial charge in [-0.15, -0.1) is 0 Å². The van der Waals surface area contributed by atoms with Gasteiger partial charge in [-0.2, -0.15) is 0 Å². The van der Waals surface area contributed by atoms with Crippen molar-refractivity contribution in [1.82, 2.24) is 4.90 Å². The number of nitrogens with one attached hydrogen (secondary N) is 1. The number of nitrogens with zero attached hydrogens (tertiary/aromatic N) is 1. The van der Waals surface area contributed by atoms with Crippen LogP contribution in [0, 0.1) is 13.8 Å². The van der Waals surface area contributed by atoms with Gasteiger partial charge in [0.2, 0.25) is 6.79 Å². The molecule has 3 aromatic carbocycles. The van der Waals surface area contributed by atoms with E-state index in [0.29, 0.717) is 25.6 Å². The normalized spacial score (nSPS) is 17.6. The van der Waals surface area contributed by atoms with E-state index in [1.54, 1.807) is 0 Å². The molecule has 3 N–H and O–H groups in total. The van der Waals surface area contributed by atoms with Crippen LogP contribution in [0.3, 0.4) is 0 Å². The van der Waals surface area contributed by atoms with Crippen LogP contribution in [-0.2, 0) is 17.6 Å². The van der Waals surface area contributed by atoms with Gasteiger partial charge in [0.25, 0.3) is 0 Å². The Morgan fingerprint density at radius 2 is 1.76 bits per heavy atom. The molecule has 41 heavy (non-hydrogen) atoms. The molecule has 2 aliphatic rings. The Kier molecular flexibility index (Phi) is 10.7. The summed E-state index contributed by atoms with van der Waals surface area (Å²) < 4.78 is 16.7. The molecule has 2 aliphatic heterocycles. The largest absolute Gasteiger partial charge is 0.492 e.